The number of carbonyl (C=O) groups is 2. The minimum atomic E-state index is -0.143. The van der Waals surface area contributed by atoms with Crippen molar-refractivity contribution < 1.29 is 14.3 Å². The van der Waals surface area contributed by atoms with Crippen LogP contribution in [0.1, 0.15) is 52.9 Å². The van der Waals surface area contributed by atoms with Crippen molar-refractivity contribution in [3.05, 3.63) is 0 Å². The summed E-state index contributed by atoms with van der Waals surface area (Å²) < 4.78 is 5.10. The van der Waals surface area contributed by atoms with Gasteiger partial charge in [0, 0.05) is 19.0 Å². The third kappa shape index (κ3) is 3.15. The van der Waals surface area contributed by atoms with E-state index in [-0.39, 0.29) is 29.1 Å². The third-order valence-electron chi connectivity index (χ3n) is 4.91. The van der Waals surface area contributed by atoms with Crippen molar-refractivity contribution in [3.63, 3.8) is 0 Å². The minimum Gasteiger partial charge on any atom is -0.466 e. The number of piperidine rings is 1. The van der Waals surface area contributed by atoms with Crippen LogP contribution in [0.4, 0.5) is 0 Å². The number of hydrogen-bond donors (Lipinski definition) is 0. The Morgan fingerprint density at radius 3 is 2.60 bits per heavy atom. The first-order chi connectivity index (χ1) is 9.45. The van der Waals surface area contributed by atoms with E-state index >= 15 is 0 Å². The molecule has 114 valence electrons. The fraction of sp³-hybridized carbons (Fsp3) is 0.875. The molecule has 0 aromatic carbocycles. The van der Waals surface area contributed by atoms with Crippen LogP contribution in [0.15, 0.2) is 0 Å². The van der Waals surface area contributed by atoms with Gasteiger partial charge in [-0.15, -0.1) is 0 Å². The molecular formula is C16H27NO3. The average Bonchev–Trinajstić information content (AvgIpc) is 2.78. The Labute approximate surface area is 121 Å². The van der Waals surface area contributed by atoms with Crippen LogP contribution in [0.25, 0.3) is 0 Å². The third-order valence-corrected chi connectivity index (χ3v) is 4.91. The van der Waals surface area contributed by atoms with Gasteiger partial charge in [0.2, 0.25) is 5.91 Å². The zero-order valence-electron chi connectivity index (χ0n) is 13.0. The van der Waals surface area contributed by atoms with Gasteiger partial charge >= 0.3 is 5.97 Å². The summed E-state index contributed by atoms with van der Waals surface area (Å²) in [7, 11) is 0. The first-order valence-corrected chi connectivity index (χ1v) is 7.91. The lowest BCUT2D eigenvalue weighted by molar-refractivity contribution is -0.152. The number of nitrogens with zero attached hydrogens (tertiary/aromatic N) is 1. The van der Waals surface area contributed by atoms with Crippen molar-refractivity contribution >= 4 is 11.9 Å². The Morgan fingerprint density at radius 2 is 2.00 bits per heavy atom. The van der Waals surface area contributed by atoms with Crippen LogP contribution < -0.4 is 0 Å². The fourth-order valence-electron chi connectivity index (χ4n) is 3.63. The lowest BCUT2D eigenvalue weighted by atomic mass is 9.80. The van der Waals surface area contributed by atoms with E-state index in [1.54, 1.807) is 0 Å². The Bertz CT molecular complexity index is 378. The standard InChI is InChI=1S/C16H27NO3/c1-4-20-15(19)12-7-6-10-17(11-12)14(18)13-8-5-9-16(13,2)3/h12-13H,4-11H2,1-3H3/t12-,13?/m0/s1. The average molecular weight is 281 g/mol. The number of ether oxygens (including phenoxy) is 1. The SMILES string of the molecule is CCOC(=O)[C@H]1CCCN(C(=O)C2CCCC2(C)C)C1. The number of hydrogen-bond acceptors (Lipinski definition) is 3. The van der Waals surface area contributed by atoms with E-state index in [0.717, 1.165) is 38.6 Å². The second kappa shape index (κ2) is 6.15. The van der Waals surface area contributed by atoms with Crippen LogP contribution in [0.2, 0.25) is 0 Å². The second-order valence-corrected chi connectivity index (χ2v) is 6.81. The largest absolute Gasteiger partial charge is 0.466 e. The predicted molar refractivity (Wildman–Crippen MR) is 77.1 cm³/mol. The number of carbonyl (C=O) groups excluding carboxylic acids is 2. The highest BCUT2D eigenvalue weighted by Crippen LogP contribution is 2.43. The molecule has 0 spiro atoms. The molecule has 4 nitrogen and oxygen atoms in total. The molecule has 2 rings (SSSR count). The highest BCUT2D eigenvalue weighted by atomic mass is 16.5. The summed E-state index contributed by atoms with van der Waals surface area (Å²) in [6.45, 7) is 7.96. The molecule has 0 N–H and O–H groups in total. The van der Waals surface area contributed by atoms with Crippen LogP contribution >= 0.6 is 0 Å². The summed E-state index contributed by atoms with van der Waals surface area (Å²) >= 11 is 0. The van der Waals surface area contributed by atoms with Crippen molar-refractivity contribution in [2.24, 2.45) is 17.3 Å². The van der Waals surface area contributed by atoms with Crippen LogP contribution in [-0.2, 0) is 14.3 Å². The number of esters is 1. The van der Waals surface area contributed by atoms with Gasteiger partial charge in [0.15, 0.2) is 0 Å². The van der Waals surface area contributed by atoms with Gasteiger partial charge in [0.25, 0.3) is 0 Å². The smallest absolute Gasteiger partial charge is 0.310 e. The molecule has 2 aliphatic rings. The van der Waals surface area contributed by atoms with Gasteiger partial charge in [0.05, 0.1) is 12.5 Å². The lowest BCUT2D eigenvalue weighted by Crippen LogP contribution is -2.47. The summed E-state index contributed by atoms with van der Waals surface area (Å²) in [5.74, 6) is 0.109. The van der Waals surface area contributed by atoms with Crippen molar-refractivity contribution in [1.82, 2.24) is 4.90 Å². The molecule has 1 aliphatic heterocycles. The van der Waals surface area contributed by atoms with Gasteiger partial charge in [-0.25, -0.2) is 0 Å². The van der Waals surface area contributed by atoms with E-state index in [2.05, 4.69) is 13.8 Å². The number of amides is 1. The van der Waals surface area contributed by atoms with E-state index in [0.29, 0.717) is 13.2 Å². The highest BCUT2D eigenvalue weighted by Gasteiger charge is 2.42. The maximum Gasteiger partial charge on any atom is 0.310 e. The molecule has 0 aromatic rings. The maximum atomic E-state index is 12.7. The molecule has 0 radical (unpaired) electrons. The molecule has 4 heteroatoms. The monoisotopic (exact) mass is 281 g/mol. The molecule has 20 heavy (non-hydrogen) atoms. The molecule has 2 atom stereocenters. The van der Waals surface area contributed by atoms with Gasteiger partial charge in [-0.1, -0.05) is 20.3 Å². The van der Waals surface area contributed by atoms with Crippen molar-refractivity contribution in [1.29, 1.82) is 0 Å². The van der Waals surface area contributed by atoms with E-state index in [4.69, 9.17) is 4.74 Å². The lowest BCUT2D eigenvalue weighted by Gasteiger charge is -2.36. The summed E-state index contributed by atoms with van der Waals surface area (Å²) in [6.07, 6.45) is 5.00. The van der Waals surface area contributed by atoms with E-state index in [9.17, 15) is 9.59 Å². The molecule has 2 fully saturated rings. The fourth-order valence-corrected chi connectivity index (χ4v) is 3.63. The van der Waals surface area contributed by atoms with Crippen molar-refractivity contribution in [3.8, 4) is 0 Å². The predicted octanol–water partition coefficient (Wildman–Crippen LogP) is 2.61. The van der Waals surface area contributed by atoms with Gasteiger partial charge in [-0.3, -0.25) is 9.59 Å². The summed E-state index contributed by atoms with van der Waals surface area (Å²) in [5.41, 5.74) is 0.105. The Kier molecular flexibility index (Phi) is 4.71. The number of rotatable bonds is 3. The van der Waals surface area contributed by atoms with E-state index < -0.39 is 0 Å². The molecule has 1 saturated carbocycles. The van der Waals surface area contributed by atoms with Crippen molar-refractivity contribution in [2.45, 2.75) is 52.9 Å². The summed E-state index contributed by atoms with van der Waals surface area (Å²) in [6, 6.07) is 0. The molecule has 1 heterocycles. The van der Waals surface area contributed by atoms with Gasteiger partial charge in [0.1, 0.15) is 0 Å². The Morgan fingerprint density at radius 1 is 1.25 bits per heavy atom. The second-order valence-electron chi connectivity index (χ2n) is 6.81. The van der Waals surface area contributed by atoms with E-state index in [1.807, 2.05) is 11.8 Å². The molecular weight excluding hydrogens is 254 g/mol. The van der Waals surface area contributed by atoms with Gasteiger partial charge < -0.3 is 9.64 Å². The summed E-state index contributed by atoms with van der Waals surface area (Å²) in [4.78, 5) is 26.5. The first-order valence-electron chi connectivity index (χ1n) is 7.91. The summed E-state index contributed by atoms with van der Waals surface area (Å²) in [5, 5.41) is 0. The zero-order chi connectivity index (χ0) is 14.8. The zero-order valence-corrected chi connectivity index (χ0v) is 13.0. The minimum absolute atomic E-state index is 0.105. The maximum absolute atomic E-state index is 12.7. The molecule has 1 saturated heterocycles. The van der Waals surface area contributed by atoms with Gasteiger partial charge in [-0.05, 0) is 38.0 Å². The topological polar surface area (TPSA) is 46.6 Å². The molecule has 1 unspecified atom stereocenters. The quantitative estimate of drug-likeness (QED) is 0.747. The first kappa shape index (κ1) is 15.3. The van der Waals surface area contributed by atoms with E-state index in [1.165, 1.54) is 0 Å². The molecule has 0 aromatic heterocycles. The Hall–Kier alpha value is -1.06. The van der Waals surface area contributed by atoms with Gasteiger partial charge in [-0.2, -0.15) is 0 Å². The van der Waals surface area contributed by atoms with Crippen molar-refractivity contribution in [2.75, 3.05) is 19.7 Å². The van der Waals surface area contributed by atoms with Crippen LogP contribution in [0.3, 0.4) is 0 Å². The Balaban J connectivity index is 1.98. The molecule has 1 aliphatic carbocycles. The van der Waals surface area contributed by atoms with Crippen LogP contribution in [0, 0.1) is 17.3 Å². The molecule has 1 amide bonds. The highest BCUT2D eigenvalue weighted by molar-refractivity contribution is 5.81. The molecule has 0 bridgehead atoms. The normalized spacial score (nSPS) is 29.2. The van der Waals surface area contributed by atoms with Crippen LogP contribution in [0.5, 0.6) is 0 Å². The van der Waals surface area contributed by atoms with Crippen LogP contribution in [-0.4, -0.2) is 36.5 Å². The number of likely N-dealkylation sites (tertiary alicyclic amines) is 1.